The maximum Gasteiger partial charge on any atom is 0.194 e. The molecule has 206 valence electrons. The number of carbonyl (C=O) groups excluding carboxylic acids is 3. The number of benzene rings is 2. The summed E-state index contributed by atoms with van der Waals surface area (Å²) >= 11 is 0. The Bertz CT molecular complexity index is 1670. The Morgan fingerprint density at radius 3 is 2.40 bits per heavy atom. The molecule has 0 bridgehead atoms. The SMILES string of the molecule is COc1ccc([C@@H](N/C(C)=C2\C(=O)C=C3Oc4c(C(C)=O)c(O)c(C)c(O)c4[C@@]3(C)C2=O)c2ncn(C)n2)cc1. The van der Waals surface area contributed by atoms with Crippen LogP contribution in [0.3, 0.4) is 0 Å². The number of aromatic hydroxyl groups is 2. The van der Waals surface area contributed by atoms with Crippen LogP contribution in [0.25, 0.3) is 0 Å². The Labute approximate surface area is 229 Å². The van der Waals surface area contributed by atoms with Crippen LogP contribution in [0.2, 0.25) is 0 Å². The molecule has 40 heavy (non-hydrogen) atoms. The van der Waals surface area contributed by atoms with Crippen molar-refractivity contribution < 1.29 is 34.1 Å². The number of methoxy groups -OCH3 is 1. The number of allylic oxidation sites excluding steroid dienone is 4. The van der Waals surface area contributed by atoms with E-state index in [1.54, 1.807) is 44.2 Å². The molecular formula is C29H28N4O7. The Morgan fingerprint density at radius 2 is 1.82 bits per heavy atom. The number of nitrogens with one attached hydrogen (secondary N) is 1. The highest BCUT2D eigenvalue weighted by Crippen LogP contribution is 2.57. The lowest BCUT2D eigenvalue weighted by Gasteiger charge is -2.29. The molecule has 2 atom stereocenters. The normalized spacial score (nSPS) is 19.8. The molecule has 2 aromatic carbocycles. The summed E-state index contributed by atoms with van der Waals surface area (Å²) in [5.41, 5.74) is -0.854. The molecule has 0 amide bonds. The topological polar surface area (TPSA) is 153 Å². The average Bonchev–Trinajstić information content (AvgIpc) is 3.47. The molecule has 3 N–H and O–H groups in total. The largest absolute Gasteiger partial charge is 0.507 e. The first-order valence-electron chi connectivity index (χ1n) is 12.5. The van der Waals surface area contributed by atoms with Crippen LogP contribution in [0.15, 0.2) is 53.7 Å². The average molecular weight is 545 g/mol. The number of fused-ring (bicyclic) bond motifs is 3. The van der Waals surface area contributed by atoms with E-state index in [9.17, 15) is 24.6 Å². The summed E-state index contributed by atoms with van der Waals surface area (Å²) in [6, 6.07) is 6.59. The number of hydrogen-bond acceptors (Lipinski definition) is 10. The van der Waals surface area contributed by atoms with Gasteiger partial charge in [0, 0.05) is 24.4 Å². The molecule has 2 aliphatic rings. The summed E-state index contributed by atoms with van der Waals surface area (Å²) in [4.78, 5) is 44.3. The van der Waals surface area contributed by atoms with Gasteiger partial charge < -0.3 is 25.0 Å². The van der Waals surface area contributed by atoms with Crippen LogP contribution in [0.5, 0.6) is 23.0 Å². The second kappa shape index (κ2) is 9.37. The number of nitrogens with zero attached hydrogens (tertiary/aromatic N) is 3. The van der Waals surface area contributed by atoms with Gasteiger partial charge in [-0.05, 0) is 45.4 Å². The maximum atomic E-state index is 14.2. The molecule has 0 saturated carbocycles. The van der Waals surface area contributed by atoms with E-state index < -0.39 is 34.6 Å². The Morgan fingerprint density at radius 1 is 1.15 bits per heavy atom. The summed E-state index contributed by atoms with van der Waals surface area (Å²) in [5.74, 6) is -1.68. The minimum Gasteiger partial charge on any atom is -0.507 e. The number of phenols is 2. The van der Waals surface area contributed by atoms with E-state index in [2.05, 4.69) is 15.4 Å². The molecule has 11 heteroatoms. The van der Waals surface area contributed by atoms with Gasteiger partial charge in [-0.15, -0.1) is 0 Å². The van der Waals surface area contributed by atoms with Crippen molar-refractivity contribution in [3.63, 3.8) is 0 Å². The number of carbonyl (C=O) groups is 3. The minimum atomic E-state index is -1.62. The van der Waals surface area contributed by atoms with E-state index in [-0.39, 0.29) is 45.2 Å². The monoisotopic (exact) mass is 544 g/mol. The molecular weight excluding hydrogens is 516 g/mol. The molecule has 1 aliphatic carbocycles. The predicted octanol–water partition coefficient (Wildman–Crippen LogP) is 3.08. The molecule has 0 unspecified atom stereocenters. The third-order valence-corrected chi connectivity index (χ3v) is 7.45. The van der Waals surface area contributed by atoms with Gasteiger partial charge >= 0.3 is 0 Å². The molecule has 5 rings (SSSR count). The predicted molar refractivity (Wildman–Crippen MR) is 142 cm³/mol. The van der Waals surface area contributed by atoms with E-state index in [0.717, 1.165) is 5.56 Å². The molecule has 0 saturated heterocycles. The number of rotatable bonds is 6. The van der Waals surface area contributed by atoms with Crippen LogP contribution in [0, 0.1) is 6.92 Å². The van der Waals surface area contributed by atoms with Gasteiger partial charge in [0.2, 0.25) is 0 Å². The Balaban J connectivity index is 1.64. The molecule has 0 radical (unpaired) electrons. The molecule has 1 aliphatic heterocycles. The van der Waals surface area contributed by atoms with Gasteiger partial charge in [0.15, 0.2) is 23.2 Å². The zero-order valence-corrected chi connectivity index (χ0v) is 22.8. The first-order chi connectivity index (χ1) is 18.9. The summed E-state index contributed by atoms with van der Waals surface area (Å²) in [5, 5.41) is 29.3. The van der Waals surface area contributed by atoms with Crippen LogP contribution in [-0.2, 0) is 22.1 Å². The van der Waals surface area contributed by atoms with Gasteiger partial charge in [0.25, 0.3) is 0 Å². The highest BCUT2D eigenvalue weighted by atomic mass is 16.5. The van der Waals surface area contributed by atoms with Crippen molar-refractivity contribution in [3.05, 3.63) is 81.8 Å². The van der Waals surface area contributed by atoms with E-state index >= 15 is 0 Å². The first-order valence-corrected chi connectivity index (χ1v) is 12.5. The van der Waals surface area contributed by atoms with Crippen molar-refractivity contribution in [2.45, 2.75) is 39.2 Å². The third-order valence-electron chi connectivity index (χ3n) is 7.45. The number of ketones is 3. The number of aryl methyl sites for hydroxylation is 1. The van der Waals surface area contributed by atoms with E-state index in [0.29, 0.717) is 11.6 Å². The fraction of sp³-hybridized carbons (Fsp3) is 0.276. The second-order valence-corrected chi connectivity index (χ2v) is 10.0. The van der Waals surface area contributed by atoms with Crippen LogP contribution in [-0.4, -0.2) is 49.4 Å². The fourth-order valence-electron chi connectivity index (χ4n) is 5.23. The number of Topliss-reactive ketones (excluding diaryl/α,β-unsaturated/α-hetero) is 2. The van der Waals surface area contributed by atoms with Crippen LogP contribution in [0.4, 0.5) is 0 Å². The number of ether oxygens (including phenoxy) is 2. The molecule has 0 fully saturated rings. The van der Waals surface area contributed by atoms with Crippen molar-refractivity contribution in [2.24, 2.45) is 7.05 Å². The lowest BCUT2D eigenvalue weighted by molar-refractivity contribution is -0.123. The van der Waals surface area contributed by atoms with Crippen molar-refractivity contribution in [1.82, 2.24) is 20.1 Å². The zero-order valence-electron chi connectivity index (χ0n) is 22.8. The van der Waals surface area contributed by atoms with Gasteiger partial charge in [-0.2, -0.15) is 5.10 Å². The van der Waals surface area contributed by atoms with Crippen molar-refractivity contribution in [3.8, 4) is 23.0 Å². The molecule has 2 heterocycles. The van der Waals surface area contributed by atoms with Crippen molar-refractivity contribution >= 4 is 17.3 Å². The van der Waals surface area contributed by atoms with Gasteiger partial charge in [-0.3, -0.25) is 19.1 Å². The quantitative estimate of drug-likeness (QED) is 0.240. The van der Waals surface area contributed by atoms with Crippen LogP contribution in [0.1, 0.15) is 59.7 Å². The maximum absolute atomic E-state index is 14.2. The number of aromatic nitrogens is 3. The number of phenolic OH excluding ortho intramolecular Hbond substituents is 2. The standard InChI is InChI=1S/C29H28N4O7/c1-13-24(36)21(15(3)34)26-22(25(13)37)29(4)19(40-26)11-18(35)20(27(29)38)14(2)31-23(28-30-12-33(5)32-28)16-7-9-17(39-6)10-8-16/h7-12,23,31,36-37H,1-6H3/b20-14+/t23-,29+/m1/s1. The molecule has 1 aromatic heterocycles. The smallest absolute Gasteiger partial charge is 0.194 e. The lowest BCUT2D eigenvalue weighted by atomic mass is 9.70. The van der Waals surface area contributed by atoms with E-state index in [1.165, 1.54) is 26.8 Å². The first kappa shape index (κ1) is 26.7. The molecule has 11 nitrogen and oxygen atoms in total. The summed E-state index contributed by atoms with van der Waals surface area (Å²) in [7, 11) is 3.29. The van der Waals surface area contributed by atoms with Gasteiger partial charge in [-0.1, -0.05) is 12.1 Å². The van der Waals surface area contributed by atoms with Crippen molar-refractivity contribution in [2.75, 3.05) is 7.11 Å². The summed E-state index contributed by atoms with van der Waals surface area (Å²) < 4.78 is 12.6. The van der Waals surface area contributed by atoms with E-state index in [4.69, 9.17) is 9.47 Å². The minimum absolute atomic E-state index is 0.0279. The van der Waals surface area contributed by atoms with E-state index in [1.807, 2.05) is 12.1 Å². The fourth-order valence-corrected chi connectivity index (χ4v) is 5.23. The summed E-state index contributed by atoms with van der Waals surface area (Å²) in [6.07, 6.45) is 2.72. The highest BCUT2D eigenvalue weighted by molar-refractivity contribution is 6.31. The lowest BCUT2D eigenvalue weighted by Crippen LogP contribution is -2.41. The highest BCUT2D eigenvalue weighted by Gasteiger charge is 2.56. The third kappa shape index (κ3) is 3.84. The molecule has 3 aromatic rings. The van der Waals surface area contributed by atoms with Crippen LogP contribution >= 0.6 is 0 Å². The number of hydrogen-bond donors (Lipinski definition) is 3. The molecule has 0 spiro atoms. The Kier molecular flexibility index (Phi) is 6.24. The second-order valence-electron chi connectivity index (χ2n) is 10.0. The zero-order chi connectivity index (χ0) is 29.1. The Hall–Kier alpha value is -4.93. The van der Waals surface area contributed by atoms with Gasteiger partial charge in [0.05, 0.1) is 18.2 Å². The summed E-state index contributed by atoms with van der Waals surface area (Å²) in [6.45, 7) is 5.80. The van der Waals surface area contributed by atoms with Gasteiger partial charge in [-0.25, -0.2) is 4.98 Å². The van der Waals surface area contributed by atoms with Crippen LogP contribution < -0.4 is 14.8 Å². The van der Waals surface area contributed by atoms with Gasteiger partial charge in [0.1, 0.15) is 52.1 Å². The van der Waals surface area contributed by atoms with Crippen molar-refractivity contribution in [1.29, 1.82) is 0 Å².